The van der Waals surface area contributed by atoms with E-state index >= 15 is 0 Å². The molecule has 1 unspecified atom stereocenters. The molecule has 2 amide bonds. The van der Waals surface area contributed by atoms with Gasteiger partial charge in [-0.15, -0.1) is 0 Å². The lowest BCUT2D eigenvalue weighted by molar-refractivity contribution is -0.138. The summed E-state index contributed by atoms with van der Waals surface area (Å²) in [6, 6.07) is 0. The van der Waals surface area contributed by atoms with Crippen LogP contribution in [0.1, 0.15) is 32.6 Å². The van der Waals surface area contributed by atoms with Crippen molar-refractivity contribution >= 4 is 11.8 Å². The first kappa shape index (κ1) is 16.9. The molecule has 6 nitrogen and oxygen atoms in total. The molecule has 116 valence electrons. The van der Waals surface area contributed by atoms with Crippen molar-refractivity contribution in [3.05, 3.63) is 0 Å². The fourth-order valence-electron chi connectivity index (χ4n) is 2.48. The second kappa shape index (κ2) is 8.92. The fourth-order valence-corrected chi connectivity index (χ4v) is 2.48. The Hall–Kier alpha value is -1.14. The summed E-state index contributed by atoms with van der Waals surface area (Å²) in [6.07, 6.45) is 2.72. The number of aliphatic hydroxyl groups is 1. The van der Waals surface area contributed by atoms with Crippen LogP contribution in [0, 0.1) is 11.8 Å². The first-order valence-corrected chi connectivity index (χ1v) is 7.47. The maximum atomic E-state index is 12.1. The lowest BCUT2D eigenvalue weighted by atomic mass is 9.94. The number of nitrogens with zero attached hydrogens (tertiary/aromatic N) is 1. The van der Waals surface area contributed by atoms with Gasteiger partial charge in [-0.05, 0) is 32.2 Å². The van der Waals surface area contributed by atoms with Gasteiger partial charge in [-0.2, -0.15) is 0 Å². The van der Waals surface area contributed by atoms with Crippen LogP contribution < -0.4 is 11.1 Å². The Kier molecular flexibility index (Phi) is 7.54. The minimum Gasteiger partial charge on any atom is -0.396 e. The Bertz CT molecular complexity index is 315. The molecule has 0 bridgehead atoms. The van der Waals surface area contributed by atoms with Gasteiger partial charge in [0.2, 0.25) is 11.8 Å². The summed E-state index contributed by atoms with van der Waals surface area (Å²) in [6.45, 7) is 4.32. The van der Waals surface area contributed by atoms with Crippen LogP contribution in [0.25, 0.3) is 0 Å². The Morgan fingerprint density at radius 3 is 2.60 bits per heavy atom. The van der Waals surface area contributed by atoms with Crippen molar-refractivity contribution in [2.75, 3.05) is 32.8 Å². The molecule has 6 heteroatoms. The first-order valence-electron chi connectivity index (χ1n) is 7.47. The third-order valence-electron chi connectivity index (χ3n) is 3.83. The van der Waals surface area contributed by atoms with Crippen LogP contribution in [0.2, 0.25) is 0 Å². The van der Waals surface area contributed by atoms with E-state index in [1.165, 1.54) is 0 Å². The topological polar surface area (TPSA) is 95.7 Å². The SMILES string of the molecule is CC(CCN)C(=O)N1CCC(C(=O)NCCCO)CC1. The molecule has 1 rings (SSSR count). The number of hydrogen-bond acceptors (Lipinski definition) is 4. The van der Waals surface area contributed by atoms with E-state index in [4.69, 9.17) is 10.8 Å². The quantitative estimate of drug-likeness (QED) is 0.560. The van der Waals surface area contributed by atoms with Crippen molar-refractivity contribution in [3.63, 3.8) is 0 Å². The van der Waals surface area contributed by atoms with E-state index in [2.05, 4.69) is 5.32 Å². The minimum atomic E-state index is -0.0325. The lowest BCUT2D eigenvalue weighted by Crippen LogP contribution is -2.45. The van der Waals surface area contributed by atoms with Crippen LogP contribution in [0.5, 0.6) is 0 Å². The highest BCUT2D eigenvalue weighted by Gasteiger charge is 2.28. The van der Waals surface area contributed by atoms with Gasteiger partial charge < -0.3 is 21.1 Å². The van der Waals surface area contributed by atoms with E-state index in [0.29, 0.717) is 51.9 Å². The third kappa shape index (κ3) is 5.09. The average molecular weight is 285 g/mol. The number of likely N-dealkylation sites (tertiary alicyclic amines) is 1. The van der Waals surface area contributed by atoms with E-state index in [1.807, 2.05) is 11.8 Å². The van der Waals surface area contributed by atoms with Crippen LogP contribution in [-0.2, 0) is 9.59 Å². The Balaban J connectivity index is 2.32. The van der Waals surface area contributed by atoms with Gasteiger partial charge in [-0.3, -0.25) is 9.59 Å². The zero-order chi connectivity index (χ0) is 15.0. The van der Waals surface area contributed by atoms with Gasteiger partial charge in [0, 0.05) is 38.1 Å². The van der Waals surface area contributed by atoms with E-state index in [-0.39, 0.29) is 30.3 Å². The monoisotopic (exact) mass is 285 g/mol. The summed E-state index contributed by atoms with van der Waals surface area (Å²) >= 11 is 0. The summed E-state index contributed by atoms with van der Waals surface area (Å²) in [7, 11) is 0. The van der Waals surface area contributed by atoms with Gasteiger partial charge in [-0.25, -0.2) is 0 Å². The Morgan fingerprint density at radius 2 is 2.05 bits per heavy atom. The maximum absolute atomic E-state index is 12.1. The standard InChI is InChI=1S/C14H27N3O3/c1-11(3-6-15)14(20)17-8-4-12(5-9-17)13(19)16-7-2-10-18/h11-12,18H,2-10,15H2,1H3,(H,16,19). The number of nitrogens with one attached hydrogen (secondary N) is 1. The molecule has 0 aromatic rings. The summed E-state index contributed by atoms with van der Waals surface area (Å²) in [4.78, 5) is 25.8. The average Bonchev–Trinajstić information content (AvgIpc) is 2.47. The van der Waals surface area contributed by atoms with Gasteiger partial charge in [0.1, 0.15) is 0 Å². The van der Waals surface area contributed by atoms with Crippen LogP contribution in [0.15, 0.2) is 0 Å². The van der Waals surface area contributed by atoms with Crippen molar-refractivity contribution in [2.24, 2.45) is 17.6 Å². The van der Waals surface area contributed by atoms with E-state index in [0.717, 1.165) is 0 Å². The highest BCUT2D eigenvalue weighted by Crippen LogP contribution is 2.19. The highest BCUT2D eigenvalue weighted by atomic mass is 16.3. The molecule has 0 saturated carbocycles. The van der Waals surface area contributed by atoms with Crippen molar-refractivity contribution in [1.29, 1.82) is 0 Å². The largest absolute Gasteiger partial charge is 0.396 e. The van der Waals surface area contributed by atoms with Crippen molar-refractivity contribution in [3.8, 4) is 0 Å². The highest BCUT2D eigenvalue weighted by molar-refractivity contribution is 5.80. The lowest BCUT2D eigenvalue weighted by Gasteiger charge is -2.33. The van der Waals surface area contributed by atoms with Crippen LogP contribution >= 0.6 is 0 Å². The first-order chi connectivity index (χ1) is 9.60. The number of piperidine rings is 1. The molecule has 0 aliphatic carbocycles. The second-order valence-corrected chi connectivity index (χ2v) is 5.45. The number of carbonyl (C=O) groups is 2. The van der Waals surface area contributed by atoms with Crippen LogP contribution in [-0.4, -0.2) is 54.6 Å². The van der Waals surface area contributed by atoms with Crippen LogP contribution in [0.3, 0.4) is 0 Å². The molecule has 1 fully saturated rings. The van der Waals surface area contributed by atoms with Crippen molar-refractivity contribution in [2.45, 2.75) is 32.6 Å². The fraction of sp³-hybridized carbons (Fsp3) is 0.857. The summed E-state index contributed by atoms with van der Waals surface area (Å²) in [5.41, 5.74) is 5.48. The zero-order valence-corrected chi connectivity index (χ0v) is 12.3. The van der Waals surface area contributed by atoms with Crippen molar-refractivity contribution < 1.29 is 14.7 Å². The molecule has 1 aliphatic heterocycles. The normalized spacial score (nSPS) is 17.9. The predicted octanol–water partition coefficient (Wildman–Crippen LogP) is -0.291. The third-order valence-corrected chi connectivity index (χ3v) is 3.83. The number of carbonyl (C=O) groups excluding carboxylic acids is 2. The molecular weight excluding hydrogens is 258 g/mol. The molecule has 4 N–H and O–H groups in total. The van der Waals surface area contributed by atoms with Crippen molar-refractivity contribution in [1.82, 2.24) is 10.2 Å². The van der Waals surface area contributed by atoms with Crippen LogP contribution in [0.4, 0.5) is 0 Å². The molecule has 1 heterocycles. The van der Waals surface area contributed by atoms with Gasteiger partial charge in [0.05, 0.1) is 0 Å². The summed E-state index contributed by atoms with van der Waals surface area (Å²) in [5.74, 6) is 0.146. The second-order valence-electron chi connectivity index (χ2n) is 5.45. The van der Waals surface area contributed by atoms with Gasteiger partial charge in [-0.1, -0.05) is 6.92 Å². The number of nitrogens with two attached hydrogens (primary N) is 1. The smallest absolute Gasteiger partial charge is 0.225 e. The summed E-state index contributed by atoms with van der Waals surface area (Å²) < 4.78 is 0. The predicted molar refractivity (Wildman–Crippen MR) is 76.9 cm³/mol. The molecule has 1 saturated heterocycles. The number of rotatable bonds is 7. The van der Waals surface area contributed by atoms with E-state index in [1.54, 1.807) is 0 Å². The molecule has 0 radical (unpaired) electrons. The molecular formula is C14H27N3O3. The van der Waals surface area contributed by atoms with E-state index < -0.39 is 0 Å². The molecule has 20 heavy (non-hydrogen) atoms. The van der Waals surface area contributed by atoms with Gasteiger partial charge in [0.25, 0.3) is 0 Å². The Morgan fingerprint density at radius 1 is 1.40 bits per heavy atom. The zero-order valence-electron chi connectivity index (χ0n) is 12.3. The Labute approximate surface area is 120 Å². The molecule has 1 atom stereocenters. The van der Waals surface area contributed by atoms with Gasteiger partial charge in [0.15, 0.2) is 0 Å². The minimum absolute atomic E-state index is 0.0115. The molecule has 0 aromatic heterocycles. The molecule has 1 aliphatic rings. The molecule has 0 spiro atoms. The van der Waals surface area contributed by atoms with Gasteiger partial charge >= 0.3 is 0 Å². The number of amides is 2. The number of aliphatic hydroxyl groups excluding tert-OH is 1. The summed E-state index contributed by atoms with van der Waals surface area (Å²) in [5, 5.41) is 11.5. The van der Waals surface area contributed by atoms with E-state index in [9.17, 15) is 9.59 Å². The maximum Gasteiger partial charge on any atom is 0.225 e. The number of hydrogen-bond donors (Lipinski definition) is 3. The molecule has 0 aromatic carbocycles.